The van der Waals surface area contributed by atoms with E-state index in [1.54, 1.807) is 4.52 Å². The average molecular weight is 330 g/mol. The Balaban J connectivity index is 1.86. The number of aromatic nitrogens is 3. The Morgan fingerprint density at radius 3 is 2.52 bits per heavy atom. The molecular formula is C18H20ClN3O. The summed E-state index contributed by atoms with van der Waals surface area (Å²) in [5.41, 5.74) is 4.93. The molecule has 0 fully saturated rings. The maximum atomic E-state index is 6.58. The highest BCUT2D eigenvalue weighted by Gasteiger charge is 2.16. The van der Waals surface area contributed by atoms with Gasteiger partial charge in [-0.3, -0.25) is 0 Å². The quantitative estimate of drug-likeness (QED) is 0.659. The lowest BCUT2D eigenvalue weighted by atomic mass is 10.1. The third kappa shape index (κ3) is 3.04. The highest BCUT2D eigenvalue weighted by atomic mass is 35.5. The predicted molar refractivity (Wildman–Crippen MR) is 92.5 cm³/mol. The van der Waals surface area contributed by atoms with E-state index in [-0.39, 0.29) is 0 Å². The van der Waals surface area contributed by atoms with Gasteiger partial charge in [-0.05, 0) is 32.4 Å². The van der Waals surface area contributed by atoms with Crippen LogP contribution in [0.3, 0.4) is 0 Å². The van der Waals surface area contributed by atoms with E-state index >= 15 is 0 Å². The molecule has 0 amide bonds. The van der Waals surface area contributed by atoms with Gasteiger partial charge in [0.15, 0.2) is 5.65 Å². The number of rotatable bonds is 5. The number of nitrogens with zero attached hydrogens (tertiary/aromatic N) is 3. The van der Waals surface area contributed by atoms with Crippen molar-refractivity contribution in [3.05, 3.63) is 58.0 Å². The number of para-hydroxylation sites is 1. The van der Waals surface area contributed by atoms with Crippen molar-refractivity contribution in [3.8, 4) is 5.75 Å². The van der Waals surface area contributed by atoms with Crippen LogP contribution in [0.2, 0.25) is 5.15 Å². The summed E-state index contributed by atoms with van der Waals surface area (Å²) in [6.45, 7) is 6.65. The molecule has 0 aliphatic heterocycles. The van der Waals surface area contributed by atoms with Crippen molar-refractivity contribution in [3.63, 3.8) is 0 Å². The van der Waals surface area contributed by atoms with Crippen molar-refractivity contribution in [2.75, 3.05) is 6.61 Å². The van der Waals surface area contributed by atoms with E-state index in [1.807, 2.05) is 44.2 Å². The van der Waals surface area contributed by atoms with Crippen LogP contribution in [0, 0.1) is 13.8 Å². The van der Waals surface area contributed by atoms with E-state index in [0.29, 0.717) is 18.2 Å². The van der Waals surface area contributed by atoms with Crippen LogP contribution >= 0.6 is 11.6 Å². The lowest BCUT2D eigenvalue weighted by Gasteiger charge is -2.11. The molecule has 0 unspecified atom stereocenters. The van der Waals surface area contributed by atoms with Crippen LogP contribution in [0.25, 0.3) is 5.65 Å². The smallest absolute Gasteiger partial charge is 0.160 e. The van der Waals surface area contributed by atoms with E-state index in [2.05, 4.69) is 12.0 Å². The minimum absolute atomic E-state index is 0.554. The summed E-state index contributed by atoms with van der Waals surface area (Å²) in [7, 11) is 0. The molecule has 0 saturated heterocycles. The highest BCUT2D eigenvalue weighted by Crippen LogP contribution is 2.24. The minimum Gasteiger partial charge on any atom is -0.493 e. The fourth-order valence-corrected chi connectivity index (χ4v) is 3.14. The molecule has 3 rings (SSSR count). The molecule has 1 aromatic carbocycles. The van der Waals surface area contributed by atoms with Gasteiger partial charge in [-0.25, -0.2) is 9.50 Å². The second-order valence-corrected chi connectivity index (χ2v) is 5.89. The van der Waals surface area contributed by atoms with Gasteiger partial charge in [0.25, 0.3) is 0 Å². The Morgan fingerprint density at radius 1 is 1.09 bits per heavy atom. The Bertz CT molecular complexity index is 827. The molecule has 2 aromatic heterocycles. The molecule has 0 N–H and O–H groups in total. The Hall–Kier alpha value is -2.07. The molecule has 23 heavy (non-hydrogen) atoms. The molecule has 0 aliphatic rings. The second-order valence-electron chi connectivity index (χ2n) is 5.53. The summed E-state index contributed by atoms with van der Waals surface area (Å²) in [5.74, 6) is 0.860. The molecule has 0 atom stereocenters. The molecule has 5 heteroatoms. The lowest BCUT2D eigenvalue weighted by molar-refractivity contribution is 0.321. The van der Waals surface area contributed by atoms with Gasteiger partial charge >= 0.3 is 0 Å². The molecule has 0 bridgehead atoms. The molecule has 120 valence electrons. The van der Waals surface area contributed by atoms with Crippen LogP contribution in [0.5, 0.6) is 5.75 Å². The van der Waals surface area contributed by atoms with Crippen molar-refractivity contribution >= 4 is 17.2 Å². The van der Waals surface area contributed by atoms with Crippen molar-refractivity contribution in [2.45, 2.75) is 33.6 Å². The van der Waals surface area contributed by atoms with Crippen LogP contribution in [-0.2, 0) is 12.8 Å². The lowest BCUT2D eigenvalue weighted by Crippen LogP contribution is -2.08. The van der Waals surface area contributed by atoms with E-state index in [4.69, 9.17) is 21.3 Å². The molecule has 3 aromatic rings. The highest BCUT2D eigenvalue weighted by molar-refractivity contribution is 6.30. The van der Waals surface area contributed by atoms with Crippen LogP contribution in [0.1, 0.15) is 29.4 Å². The topological polar surface area (TPSA) is 39.4 Å². The van der Waals surface area contributed by atoms with E-state index in [0.717, 1.165) is 40.3 Å². The molecule has 0 aliphatic carbocycles. The summed E-state index contributed by atoms with van der Waals surface area (Å²) >= 11 is 6.58. The zero-order valence-corrected chi connectivity index (χ0v) is 14.4. The summed E-state index contributed by atoms with van der Waals surface area (Å²) in [6.07, 6.45) is 1.59. The van der Waals surface area contributed by atoms with Crippen LogP contribution in [0.4, 0.5) is 0 Å². The Kier molecular flexibility index (Phi) is 4.53. The first-order chi connectivity index (χ1) is 11.1. The standard InChI is InChI=1S/C18H20ClN3O/c1-4-15-13(3)21-22-17(19)16(12(2)20-18(15)22)10-11-23-14-8-6-5-7-9-14/h5-9H,4,10-11H2,1-3H3. The number of aryl methyl sites for hydroxylation is 3. The third-order valence-corrected chi connectivity index (χ3v) is 4.41. The normalized spacial score (nSPS) is 11.1. The van der Waals surface area contributed by atoms with Gasteiger partial charge in [-0.2, -0.15) is 5.10 Å². The summed E-state index contributed by atoms with van der Waals surface area (Å²) in [5, 5.41) is 5.16. The fourth-order valence-electron chi connectivity index (χ4n) is 2.79. The minimum atomic E-state index is 0.554. The third-order valence-electron chi connectivity index (χ3n) is 4.02. The maximum Gasteiger partial charge on any atom is 0.160 e. The number of halogens is 1. The molecule has 0 spiro atoms. The summed E-state index contributed by atoms with van der Waals surface area (Å²) in [4.78, 5) is 4.71. The van der Waals surface area contributed by atoms with Gasteiger partial charge in [0.05, 0.1) is 12.3 Å². The Morgan fingerprint density at radius 2 is 1.83 bits per heavy atom. The second kappa shape index (κ2) is 6.59. The van der Waals surface area contributed by atoms with Gasteiger partial charge in [0.1, 0.15) is 10.9 Å². The largest absolute Gasteiger partial charge is 0.493 e. The van der Waals surface area contributed by atoms with E-state index < -0.39 is 0 Å². The monoisotopic (exact) mass is 329 g/mol. The fraction of sp³-hybridized carbons (Fsp3) is 0.333. The van der Waals surface area contributed by atoms with Gasteiger partial charge in [0, 0.05) is 23.2 Å². The zero-order chi connectivity index (χ0) is 16.4. The maximum absolute atomic E-state index is 6.58. The van der Waals surface area contributed by atoms with Crippen molar-refractivity contribution in [1.82, 2.24) is 14.6 Å². The Labute approximate surface area is 141 Å². The van der Waals surface area contributed by atoms with Crippen molar-refractivity contribution in [1.29, 1.82) is 0 Å². The predicted octanol–water partition coefficient (Wildman–Crippen LogP) is 4.18. The number of benzene rings is 1. The van der Waals surface area contributed by atoms with Crippen LogP contribution in [0.15, 0.2) is 30.3 Å². The number of ether oxygens (including phenoxy) is 1. The van der Waals surface area contributed by atoms with Crippen molar-refractivity contribution < 1.29 is 4.74 Å². The van der Waals surface area contributed by atoms with Gasteiger partial charge in [0.2, 0.25) is 0 Å². The van der Waals surface area contributed by atoms with Crippen molar-refractivity contribution in [2.24, 2.45) is 0 Å². The van der Waals surface area contributed by atoms with Crippen LogP contribution in [-0.4, -0.2) is 21.2 Å². The molecular weight excluding hydrogens is 310 g/mol. The van der Waals surface area contributed by atoms with E-state index in [1.165, 1.54) is 0 Å². The van der Waals surface area contributed by atoms with Gasteiger partial charge < -0.3 is 4.74 Å². The van der Waals surface area contributed by atoms with Gasteiger partial charge in [-0.1, -0.05) is 36.7 Å². The number of hydrogen-bond donors (Lipinski definition) is 0. The van der Waals surface area contributed by atoms with E-state index in [9.17, 15) is 0 Å². The SMILES string of the molecule is CCc1c(C)nn2c(Cl)c(CCOc3ccccc3)c(C)nc12. The molecule has 2 heterocycles. The summed E-state index contributed by atoms with van der Waals surface area (Å²) < 4.78 is 7.52. The van der Waals surface area contributed by atoms with Crippen LogP contribution < -0.4 is 4.74 Å². The zero-order valence-electron chi connectivity index (χ0n) is 13.6. The summed E-state index contributed by atoms with van der Waals surface area (Å²) in [6, 6.07) is 9.78. The first-order valence-electron chi connectivity index (χ1n) is 7.82. The average Bonchev–Trinajstić information content (AvgIpc) is 2.87. The first kappa shape index (κ1) is 15.8. The number of hydrogen-bond acceptors (Lipinski definition) is 3. The molecule has 4 nitrogen and oxygen atoms in total. The van der Waals surface area contributed by atoms with Gasteiger partial charge in [-0.15, -0.1) is 0 Å². The molecule has 0 saturated carbocycles. The first-order valence-corrected chi connectivity index (χ1v) is 8.20. The number of fused-ring (bicyclic) bond motifs is 1. The molecule has 0 radical (unpaired) electrons.